The molecule has 0 fully saturated rings. The zero-order valence-corrected chi connectivity index (χ0v) is 12.6. The maximum absolute atomic E-state index is 12.6. The van der Waals surface area contributed by atoms with Gasteiger partial charge in [-0.25, -0.2) is 0 Å². The van der Waals surface area contributed by atoms with Gasteiger partial charge < -0.3 is 15.4 Å². The molecule has 0 saturated carbocycles. The van der Waals surface area contributed by atoms with Gasteiger partial charge in [0.25, 0.3) is 11.8 Å². The summed E-state index contributed by atoms with van der Waals surface area (Å²) in [5, 5.41) is 6.35. The number of carbonyl (C=O) groups is 2. The third-order valence-electron chi connectivity index (χ3n) is 3.77. The number of rotatable bonds is 2. The number of pyridine rings is 1. The van der Waals surface area contributed by atoms with Crippen molar-refractivity contribution < 1.29 is 14.3 Å². The monoisotopic (exact) mass is 319 g/mol. The molecule has 6 heteroatoms. The van der Waals surface area contributed by atoms with Crippen LogP contribution in [0.2, 0.25) is 0 Å². The highest BCUT2D eigenvalue weighted by Crippen LogP contribution is 2.31. The molecule has 2 heterocycles. The summed E-state index contributed by atoms with van der Waals surface area (Å²) in [6, 6.07) is 14.3. The van der Waals surface area contributed by atoms with Crippen molar-refractivity contribution in [2.24, 2.45) is 0 Å². The van der Waals surface area contributed by atoms with Crippen LogP contribution in [0.4, 0.5) is 11.4 Å². The Balaban J connectivity index is 1.63. The molecule has 0 spiro atoms. The van der Waals surface area contributed by atoms with Crippen LogP contribution < -0.4 is 15.4 Å². The fourth-order valence-corrected chi connectivity index (χ4v) is 2.64. The summed E-state index contributed by atoms with van der Waals surface area (Å²) >= 11 is 0. The molecule has 4 rings (SSSR count). The van der Waals surface area contributed by atoms with Crippen LogP contribution in [0.1, 0.15) is 10.4 Å². The van der Waals surface area contributed by atoms with E-state index in [0.717, 1.165) is 10.9 Å². The number of para-hydroxylation sites is 1. The molecule has 1 aromatic heterocycles. The summed E-state index contributed by atoms with van der Waals surface area (Å²) < 4.78 is 5.36. The van der Waals surface area contributed by atoms with Crippen molar-refractivity contribution in [3.63, 3.8) is 0 Å². The van der Waals surface area contributed by atoms with Crippen molar-refractivity contribution in [3.8, 4) is 5.75 Å². The quantitative estimate of drug-likeness (QED) is 0.761. The fraction of sp³-hybridized carbons (Fsp3) is 0.0556. The summed E-state index contributed by atoms with van der Waals surface area (Å²) in [5.41, 5.74) is 2.50. The first-order chi connectivity index (χ1) is 11.7. The molecule has 0 atom stereocenters. The molecular formula is C18H13N3O3. The summed E-state index contributed by atoms with van der Waals surface area (Å²) in [6.45, 7) is -0.0284. The van der Waals surface area contributed by atoms with Gasteiger partial charge >= 0.3 is 0 Å². The molecule has 2 N–H and O–H groups in total. The Morgan fingerprint density at radius 2 is 2.04 bits per heavy atom. The predicted octanol–water partition coefficient (Wildman–Crippen LogP) is 2.82. The second kappa shape index (κ2) is 5.66. The minimum absolute atomic E-state index is 0.0284. The molecule has 2 amide bonds. The van der Waals surface area contributed by atoms with E-state index in [9.17, 15) is 9.59 Å². The Kier molecular flexibility index (Phi) is 3.35. The summed E-state index contributed by atoms with van der Waals surface area (Å²) in [5.74, 6) is 0.114. The van der Waals surface area contributed by atoms with Crippen LogP contribution in [0.25, 0.3) is 10.9 Å². The molecule has 2 aromatic carbocycles. The lowest BCUT2D eigenvalue weighted by Gasteiger charge is -2.18. The van der Waals surface area contributed by atoms with E-state index in [1.165, 1.54) is 0 Å². The van der Waals surface area contributed by atoms with Gasteiger partial charge in [0.2, 0.25) is 0 Å². The van der Waals surface area contributed by atoms with Crippen LogP contribution in [-0.4, -0.2) is 23.4 Å². The first kappa shape index (κ1) is 14.2. The third kappa shape index (κ3) is 2.54. The molecule has 3 aromatic rings. The SMILES string of the molecule is O=C1COc2cc(NC(=O)c3ccnc4ccccc34)ccc2N1. The Labute approximate surface area is 137 Å². The maximum atomic E-state index is 12.6. The number of hydrogen-bond donors (Lipinski definition) is 2. The number of nitrogens with zero attached hydrogens (tertiary/aromatic N) is 1. The molecular weight excluding hydrogens is 306 g/mol. The third-order valence-corrected chi connectivity index (χ3v) is 3.77. The standard InChI is InChI=1S/C18H13N3O3/c22-17-10-24-16-9-11(5-6-15(16)21-17)20-18(23)13-7-8-19-14-4-2-1-3-12(13)14/h1-9H,10H2,(H,20,23)(H,21,22). The van der Waals surface area contributed by atoms with Gasteiger partial charge in [-0.05, 0) is 24.3 Å². The maximum Gasteiger partial charge on any atom is 0.262 e. The minimum Gasteiger partial charge on any atom is -0.482 e. The van der Waals surface area contributed by atoms with E-state index < -0.39 is 0 Å². The van der Waals surface area contributed by atoms with Crippen molar-refractivity contribution in [3.05, 3.63) is 60.3 Å². The first-order valence-corrected chi connectivity index (χ1v) is 7.42. The van der Waals surface area contributed by atoms with E-state index in [2.05, 4.69) is 15.6 Å². The van der Waals surface area contributed by atoms with Crippen LogP contribution in [-0.2, 0) is 4.79 Å². The number of anilines is 2. The van der Waals surface area contributed by atoms with E-state index in [1.807, 2.05) is 24.3 Å². The molecule has 0 aliphatic carbocycles. The summed E-state index contributed by atoms with van der Waals surface area (Å²) in [4.78, 5) is 28.1. The molecule has 6 nitrogen and oxygen atoms in total. The molecule has 0 bridgehead atoms. The molecule has 1 aliphatic rings. The van der Waals surface area contributed by atoms with Crippen LogP contribution in [0.5, 0.6) is 5.75 Å². The zero-order valence-electron chi connectivity index (χ0n) is 12.6. The van der Waals surface area contributed by atoms with Gasteiger partial charge in [-0.15, -0.1) is 0 Å². The largest absolute Gasteiger partial charge is 0.482 e. The van der Waals surface area contributed by atoms with Crippen molar-refractivity contribution in [1.29, 1.82) is 0 Å². The van der Waals surface area contributed by atoms with Gasteiger partial charge in [0.15, 0.2) is 6.61 Å². The van der Waals surface area contributed by atoms with Gasteiger partial charge in [0.05, 0.1) is 16.8 Å². The second-order valence-electron chi connectivity index (χ2n) is 5.38. The van der Waals surface area contributed by atoms with Gasteiger partial charge in [0, 0.05) is 23.3 Å². The van der Waals surface area contributed by atoms with Crippen LogP contribution in [0, 0.1) is 0 Å². The minimum atomic E-state index is -0.228. The number of fused-ring (bicyclic) bond motifs is 2. The van der Waals surface area contributed by atoms with E-state index in [1.54, 1.807) is 30.5 Å². The number of benzene rings is 2. The van der Waals surface area contributed by atoms with Crippen molar-refractivity contribution in [2.75, 3.05) is 17.2 Å². The molecule has 0 unspecified atom stereocenters. The Morgan fingerprint density at radius 1 is 1.17 bits per heavy atom. The smallest absolute Gasteiger partial charge is 0.262 e. The second-order valence-corrected chi connectivity index (χ2v) is 5.38. The van der Waals surface area contributed by atoms with E-state index in [0.29, 0.717) is 22.7 Å². The number of aromatic nitrogens is 1. The number of hydrogen-bond acceptors (Lipinski definition) is 4. The lowest BCUT2D eigenvalue weighted by atomic mass is 10.1. The number of amides is 2. The highest BCUT2D eigenvalue weighted by Gasteiger charge is 2.17. The predicted molar refractivity (Wildman–Crippen MR) is 90.3 cm³/mol. The van der Waals surface area contributed by atoms with Gasteiger partial charge in [-0.3, -0.25) is 14.6 Å². The topological polar surface area (TPSA) is 80.3 Å². The number of nitrogens with one attached hydrogen (secondary N) is 2. The van der Waals surface area contributed by atoms with Crippen molar-refractivity contribution in [1.82, 2.24) is 4.98 Å². The Hall–Kier alpha value is -3.41. The first-order valence-electron chi connectivity index (χ1n) is 7.42. The summed E-state index contributed by atoms with van der Waals surface area (Å²) in [6.07, 6.45) is 1.61. The van der Waals surface area contributed by atoms with E-state index in [4.69, 9.17) is 4.74 Å². The zero-order chi connectivity index (χ0) is 16.5. The average Bonchev–Trinajstić information content (AvgIpc) is 2.61. The van der Waals surface area contributed by atoms with E-state index >= 15 is 0 Å². The molecule has 0 saturated heterocycles. The highest BCUT2D eigenvalue weighted by molar-refractivity contribution is 6.12. The normalized spacial score (nSPS) is 12.9. The van der Waals surface area contributed by atoms with E-state index in [-0.39, 0.29) is 18.4 Å². The Morgan fingerprint density at radius 3 is 2.96 bits per heavy atom. The van der Waals surface area contributed by atoms with Gasteiger partial charge in [0.1, 0.15) is 5.75 Å². The molecule has 24 heavy (non-hydrogen) atoms. The van der Waals surface area contributed by atoms with Crippen LogP contribution >= 0.6 is 0 Å². The lowest BCUT2D eigenvalue weighted by Crippen LogP contribution is -2.25. The molecule has 1 aliphatic heterocycles. The lowest BCUT2D eigenvalue weighted by molar-refractivity contribution is -0.118. The highest BCUT2D eigenvalue weighted by atomic mass is 16.5. The number of ether oxygens (including phenoxy) is 1. The Bertz CT molecular complexity index is 963. The van der Waals surface area contributed by atoms with Crippen LogP contribution in [0.3, 0.4) is 0 Å². The van der Waals surface area contributed by atoms with Gasteiger partial charge in [-0.2, -0.15) is 0 Å². The van der Waals surface area contributed by atoms with Gasteiger partial charge in [-0.1, -0.05) is 18.2 Å². The summed E-state index contributed by atoms with van der Waals surface area (Å²) in [7, 11) is 0. The molecule has 0 radical (unpaired) electrons. The van der Waals surface area contributed by atoms with Crippen LogP contribution in [0.15, 0.2) is 54.7 Å². The molecule has 118 valence electrons. The van der Waals surface area contributed by atoms with Crippen molar-refractivity contribution in [2.45, 2.75) is 0 Å². The average molecular weight is 319 g/mol. The number of carbonyl (C=O) groups excluding carboxylic acids is 2. The van der Waals surface area contributed by atoms with Crippen molar-refractivity contribution >= 4 is 34.1 Å². The fourth-order valence-electron chi connectivity index (χ4n) is 2.64.